The third-order valence-corrected chi connectivity index (χ3v) is 6.73. The highest BCUT2D eigenvalue weighted by Gasteiger charge is 2.31. The number of anilines is 1. The molecule has 156 valence electrons. The van der Waals surface area contributed by atoms with Crippen LogP contribution in [0, 0.1) is 11.3 Å². The zero-order chi connectivity index (χ0) is 21.3. The van der Waals surface area contributed by atoms with Crippen LogP contribution in [-0.4, -0.2) is 40.6 Å². The number of nitrogens with one attached hydrogen (secondary N) is 1. The molecule has 8 heteroatoms. The van der Waals surface area contributed by atoms with Crippen molar-refractivity contribution in [1.29, 1.82) is 0 Å². The van der Waals surface area contributed by atoms with Crippen LogP contribution in [0.5, 0.6) is 0 Å². The van der Waals surface area contributed by atoms with Gasteiger partial charge in [0.25, 0.3) is 11.5 Å². The van der Waals surface area contributed by atoms with Gasteiger partial charge in [0.1, 0.15) is 4.70 Å². The van der Waals surface area contributed by atoms with Gasteiger partial charge in [0, 0.05) is 25.4 Å². The second-order valence-electron chi connectivity index (χ2n) is 8.62. The average molecular weight is 416 g/mol. The summed E-state index contributed by atoms with van der Waals surface area (Å²) in [4.78, 5) is 34.5. The number of aromatic amines is 1. The number of piperidine rings is 1. The molecule has 0 radical (unpaired) electrons. The van der Waals surface area contributed by atoms with E-state index < -0.39 is 0 Å². The molecule has 3 heterocycles. The van der Waals surface area contributed by atoms with Crippen LogP contribution in [0.3, 0.4) is 0 Å². The van der Waals surface area contributed by atoms with Crippen LogP contribution in [-0.2, 0) is 4.79 Å². The molecule has 0 bridgehead atoms. The van der Waals surface area contributed by atoms with Crippen molar-refractivity contribution < 1.29 is 4.79 Å². The molecule has 0 aromatic carbocycles. The minimum Gasteiger partial charge on any atom is -0.339 e. The maximum Gasteiger partial charge on any atom is 0.270 e. The standard InChI is InChI=1S/C21H29N5O2S/c1-13(19(28)25-10-7-15(8-11-25)21(3,4)5)14(2)26(22-6)20-23-16-9-12-29-17(16)18(27)24-20/h9,12,15H,6-8,10-11H2,1-5H3,(H,23,24,27)/b14-13+. The first-order valence-electron chi connectivity index (χ1n) is 9.84. The van der Waals surface area contributed by atoms with E-state index in [9.17, 15) is 9.59 Å². The molecule has 0 spiro atoms. The fraction of sp³-hybridized carbons (Fsp3) is 0.524. The number of carbonyl (C=O) groups excluding carboxylic acids is 1. The van der Waals surface area contributed by atoms with E-state index in [1.807, 2.05) is 10.3 Å². The molecule has 3 rings (SSSR count). The Kier molecular flexibility index (Phi) is 5.93. The molecule has 7 nitrogen and oxygen atoms in total. The van der Waals surface area contributed by atoms with Gasteiger partial charge in [-0.3, -0.25) is 14.6 Å². The maximum absolute atomic E-state index is 13.1. The van der Waals surface area contributed by atoms with Gasteiger partial charge in [-0.05, 0) is 49.5 Å². The molecule has 1 N–H and O–H groups in total. The average Bonchev–Trinajstić information content (AvgIpc) is 3.16. The van der Waals surface area contributed by atoms with Gasteiger partial charge in [-0.2, -0.15) is 5.10 Å². The molecule has 0 unspecified atom stereocenters. The van der Waals surface area contributed by atoms with Crippen molar-refractivity contribution in [3.8, 4) is 0 Å². The van der Waals surface area contributed by atoms with Crippen molar-refractivity contribution in [3.05, 3.63) is 33.1 Å². The zero-order valence-corrected chi connectivity index (χ0v) is 18.6. The van der Waals surface area contributed by atoms with Gasteiger partial charge in [0.05, 0.1) is 11.2 Å². The van der Waals surface area contributed by atoms with Gasteiger partial charge >= 0.3 is 0 Å². The highest BCUT2D eigenvalue weighted by Crippen LogP contribution is 2.34. The van der Waals surface area contributed by atoms with Gasteiger partial charge in [0.15, 0.2) is 0 Å². The van der Waals surface area contributed by atoms with E-state index in [0.717, 1.165) is 25.9 Å². The number of hydrogen-bond acceptors (Lipinski definition) is 6. The number of allylic oxidation sites excluding steroid dienone is 1. The Hall–Kier alpha value is -2.48. The molecule has 2 aromatic heterocycles. The number of fused-ring (bicyclic) bond motifs is 1. The summed E-state index contributed by atoms with van der Waals surface area (Å²) < 4.78 is 0.564. The molecule has 0 saturated carbocycles. The topological polar surface area (TPSA) is 81.7 Å². The lowest BCUT2D eigenvalue weighted by molar-refractivity contribution is -0.129. The molecule has 2 aromatic rings. The number of carbonyl (C=O) groups is 1. The quantitative estimate of drug-likeness (QED) is 0.465. The summed E-state index contributed by atoms with van der Waals surface area (Å²) in [5.41, 5.74) is 1.80. The fourth-order valence-electron chi connectivity index (χ4n) is 3.79. The molecular weight excluding hydrogens is 386 g/mol. The van der Waals surface area contributed by atoms with Gasteiger partial charge < -0.3 is 4.90 Å². The van der Waals surface area contributed by atoms with E-state index >= 15 is 0 Å². The van der Waals surface area contributed by atoms with Crippen LogP contribution in [0.2, 0.25) is 0 Å². The highest BCUT2D eigenvalue weighted by molar-refractivity contribution is 7.17. The Labute approximate surface area is 175 Å². The number of nitrogens with zero attached hydrogens (tertiary/aromatic N) is 4. The Morgan fingerprint density at radius 1 is 1.34 bits per heavy atom. The summed E-state index contributed by atoms with van der Waals surface area (Å²) in [6.07, 6.45) is 2.02. The Morgan fingerprint density at radius 3 is 2.59 bits per heavy atom. The van der Waals surface area contributed by atoms with Crippen LogP contribution in [0.15, 0.2) is 32.6 Å². The maximum atomic E-state index is 13.1. The van der Waals surface area contributed by atoms with Crippen molar-refractivity contribution >= 4 is 40.1 Å². The first-order valence-corrected chi connectivity index (χ1v) is 10.7. The number of amides is 1. The van der Waals surface area contributed by atoms with Crippen molar-refractivity contribution in [2.75, 3.05) is 18.1 Å². The fourth-order valence-corrected chi connectivity index (χ4v) is 4.52. The molecule has 0 atom stereocenters. The van der Waals surface area contributed by atoms with E-state index in [2.05, 4.69) is 42.6 Å². The van der Waals surface area contributed by atoms with E-state index in [-0.39, 0.29) is 22.8 Å². The third kappa shape index (κ3) is 4.27. The van der Waals surface area contributed by atoms with Gasteiger partial charge in [0.2, 0.25) is 5.95 Å². The minimum atomic E-state index is -0.227. The molecule has 29 heavy (non-hydrogen) atoms. The SMILES string of the molecule is C=NN(/C(C)=C(\C)C(=O)N1CCC(C(C)(C)C)CC1)c1nc2ccsc2c(=O)[nH]1. The summed E-state index contributed by atoms with van der Waals surface area (Å²) in [5, 5.41) is 7.25. The largest absolute Gasteiger partial charge is 0.339 e. The van der Waals surface area contributed by atoms with Crippen molar-refractivity contribution in [1.82, 2.24) is 14.9 Å². The number of rotatable bonds is 4. The molecular formula is C21H29N5O2S. The first kappa shape index (κ1) is 21.2. The van der Waals surface area contributed by atoms with Crippen LogP contribution in [0.1, 0.15) is 47.5 Å². The summed E-state index contributed by atoms with van der Waals surface area (Å²) in [6, 6.07) is 1.79. The predicted molar refractivity (Wildman–Crippen MR) is 119 cm³/mol. The molecule has 1 saturated heterocycles. The lowest BCUT2D eigenvalue weighted by Gasteiger charge is -2.39. The van der Waals surface area contributed by atoms with Gasteiger partial charge in [-0.15, -0.1) is 11.3 Å². The Balaban J connectivity index is 1.83. The molecule has 1 amide bonds. The van der Waals surface area contributed by atoms with Crippen LogP contribution in [0.25, 0.3) is 10.2 Å². The minimum absolute atomic E-state index is 0.0116. The second kappa shape index (κ2) is 8.10. The number of hydrazone groups is 1. The normalized spacial score (nSPS) is 16.7. The lowest BCUT2D eigenvalue weighted by Crippen LogP contribution is -2.42. The van der Waals surface area contributed by atoms with Crippen molar-refractivity contribution in [2.24, 2.45) is 16.4 Å². The lowest BCUT2D eigenvalue weighted by atomic mass is 9.75. The van der Waals surface area contributed by atoms with E-state index in [1.54, 1.807) is 19.9 Å². The summed E-state index contributed by atoms with van der Waals surface area (Å²) in [6.45, 7) is 15.5. The molecule has 0 aliphatic carbocycles. The second-order valence-corrected chi connectivity index (χ2v) is 9.54. The van der Waals surface area contributed by atoms with E-state index in [4.69, 9.17) is 0 Å². The first-order chi connectivity index (χ1) is 13.6. The monoisotopic (exact) mass is 415 g/mol. The number of aromatic nitrogens is 2. The summed E-state index contributed by atoms with van der Waals surface area (Å²) in [7, 11) is 0. The van der Waals surface area contributed by atoms with Gasteiger partial charge in [-0.1, -0.05) is 20.8 Å². The van der Waals surface area contributed by atoms with E-state index in [0.29, 0.717) is 27.4 Å². The summed E-state index contributed by atoms with van der Waals surface area (Å²) in [5.74, 6) is 0.865. The Morgan fingerprint density at radius 2 is 2.00 bits per heavy atom. The van der Waals surface area contributed by atoms with Crippen LogP contribution < -0.4 is 10.6 Å². The number of thiophene rings is 1. The zero-order valence-electron chi connectivity index (χ0n) is 17.8. The smallest absolute Gasteiger partial charge is 0.270 e. The molecule has 1 aliphatic rings. The summed E-state index contributed by atoms with van der Waals surface area (Å²) >= 11 is 1.34. The van der Waals surface area contributed by atoms with Crippen molar-refractivity contribution in [2.45, 2.75) is 47.5 Å². The number of hydrogen-bond donors (Lipinski definition) is 1. The number of likely N-dealkylation sites (tertiary alicyclic amines) is 1. The van der Waals surface area contributed by atoms with Crippen molar-refractivity contribution in [3.63, 3.8) is 0 Å². The Bertz CT molecular complexity index is 1010. The van der Waals surface area contributed by atoms with Gasteiger partial charge in [-0.25, -0.2) is 9.99 Å². The van der Waals surface area contributed by atoms with Crippen LogP contribution >= 0.6 is 11.3 Å². The molecule has 1 aliphatic heterocycles. The van der Waals surface area contributed by atoms with E-state index in [1.165, 1.54) is 16.3 Å². The highest BCUT2D eigenvalue weighted by atomic mass is 32.1. The third-order valence-electron chi connectivity index (χ3n) is 5.83. The van der Waals surface area contributed by atoms with Crippen LogP contribution in [0.4, 0.5) is 5.95 Å². The molecule has 1 fully saturated rings. The predicted octanol–water partition coefficient (Wildman–Crippen LogP) is 3.99. The number of H-pyrrole nitrogens is 1.